The van der Waals surface area contributed by atoms with Gasteiger partial charge in [0.15, 0.2) is 0 Å². The lowest BCUT2D eigenvalue weighted by molar-refractivity contribution is -0.143. The van der Waals surface area contributed by atoms with Crippen LogP contribution in [0.1, 0.15) is 39.0 Å². The number of aliphatic carboxylic acids is 1. The third kappa shape index (κ3) is 2.70. The molecule has 0 spiro atoms. The number of nitrogens with one attached hydrogen (secondary N) is 1. The highest BCUT2D eigenvalue weighted by Crippen LogP contribution is 2.33. The Balaban J connectivity index is 1.90. The minimum Gasteiger partial charge on any atom is -0.480 e. The number of piperidine rings is 1. The zero-order valence-corrected chi connectivity index (χ0v) is 10.2. The summed E-state index contributed by atoms with van der Waals surface area (Å²) in [4.78, 5) is 24.5. The van der Waals surface area contributed by atoms with Crippen molar-refractivity contribution in [1.82, 2.24) is 10.2 Å². The van der Waals surface area contributed by atoms with Crippen LogP contribution >= 0.6 is 0 Å². The van der Waals surface area contributed by atoms with Gasteiger partial charge in [-0.2, -0.15) is 0 Å². The van der Waals surface area contributed by atoms with Gasteiger partial charge < -0.3 is 15.3 Å². The van der Waals surface area contributed by atoms with Crippen molar-refractivity contribution in [3.63, 3.8) is 0 Å². The number of carboxylic acids is 1. The number of amides is 2. The first-order chi connectivity index (χ1) is 8.13. The Labute approximate surface area is 101 Å². The molecular formula is C12H20N2O3. The zero-order valence-electron chi connectivity index (χ0n) is 10.2. The molecule has 2 amide bonds. The molecule has 1 aliphatic carbocycles. The largest absolute Gasteiger partial charge is 0.480 e. The van der Waals surface area contributed by atoms with Crippen molar-refractivity contribution in [2.75, 3.05) is 6.54 Å². The molecule has 0 bridgehead atoms. The van der Waals surface area contributed by atoms with Crippen molar-refractivity contribution in [3.8, 4) is 0 Å². The van der Waals surface area contributed by atoms with Crippen LogP contribution in [-0.4, -0.2) is 40.6 Å². The van der Waals surface area contributed by atoms with Crippen molar-refractivity contribution >= 4 is 12.0 Å². The highest BCUT2D eigenvalue weighted by atomic mass is 16.4. The Morgan fingerprint density at radius 1 is 1.41 bits per heavy atom. The summed E-state index contributed by atoms with van der Waals surface area (Å²) >= 11 is 0. The molecule has 1 aliphatic heterocycles. The van der Waals surface area contributed by atoms with Gasteiger partial charge in [0.1, 0.15) is 6.04 Å². The van der Waals surface area contributed by atoms with E-state index in [4.69, 9.17) is 5.11 Å². The number of nitrogens with zero attached hydrogens (tertiary/aromatic N) is 1. The summed E-state index contributed by atoms with van der Waals surface area (Å²) in [6, 6.07) is -0.565. The Bertz CT molecular complexity index is 319. The average Bonchev–Trinajstić information content (AvgIpc) is 3.07. The van der Waals surface area contributed by atoms with Crippen LogP contribution in [-0.2, 0) is 4.79 Å². The fourth-order valence-electron chi connectivity index (χ4n) is 2.55. The zero-order chi connectivity index (χ0) is 12.4. The van der Waals surface area contributed by atoms with Gasteiger partial charge in [0.05, 0.1) is 0 Å². The summed E-state index contributed by atoms with van der Waals surface area (Å²) in [5.74, 6) is -0.297. The van der Waals surface area contributed by atoms with Gasteiger partial charge in [-0.3, -0.25) is 0 Å². The van der Waals surface area contributed by atoms with Crippen LogP contribution in [0.4, 0.5) is 4.79 Å². The number of rotatable bonds is 3. The number of carbonyl (C=O) groups is 2. The molecule has 5 heteroatoms. The van der Waals surface area contributed by atoms with E-state index in [-0.39, 0.29) is 12.1 Å². The van der Waals surface area contributed by atoms with Crippen LogP contribution in [0.3, 0.4) is 0 Å². The first-order valence-electron chi connectivity index (χ1n) is 6.43. The van der Waals surface area contributed by atoms with Gasteiger partial charge >= 0.3 is 12.0 Å². The first-order valence-corrected chi connectivity index (χ1v) is 6.43. The molecular weight excluding hydrogens is 220 g/mol. The summed E-state index contributed by atoms with van der Waals surface area (Å²) in [6.07, 6.45) is 4.48. The molecule has 17 heavy (non-hydrogen) atoms. The van der Waals surface area contributed by atoms with Gasteiger partial charge in [-0.25, -0.2) is 9.59 Å². The van der Waals surface area contributed by atoms with Crippen LogP contribution in [0, 0.1) is 5.92 Å². The van der Waals surface area contributed by atoms with Crippen LogP contribution in [0.2, 0.25) is 0 Å². The monoisotopic (exact) mass is 240 g/mol. The van der Waals surface area contributed by atoms with E-state index < -0.39 is 12.0 Å². The smallest absolute Gasteiger partial charge is 0.326 e. The molecule has 96 valence electrons. The summed E-state index contributed by atoms with van der Waals surface area (Å²) < 4.78 is 0. The van der Waals surface area contributed by atoms with Gasteiger partial charge in [0.25, 0.3) is 0 Å². The maximum atomic E-state index is 12.0. The topological polar surface area (TPSA) is 69.6 Å². The molecule has 0 radical (unpaired) electrons. The molecule has 2 N–H and O–H groups in total. The fraction of sp³-hybridized carbons (Fsp3) is 0.833. The Morgan fingerprint density at radius 2 is 2.18 bits per heavy atom. The van der Waals surface area contributed by atoms with Crippen molar-refractivity contribution in [2.45, 2.75) is 51.1 Å². The first kappa shape index (κ1) is 12.2. The van der Waals surface area contributed by atoms with E-state index in [0.717, 1.165) is 25.7 Å². The molecule has 0 aromatic carbocycles. The van der Waals surface area contributed by atoms with Crippen LogP contribution in [0.15, 0.2) is 0 Å². The minimum absolute atomic E-state index is 0.196. The number of hydrogen-bond acceptors (Lipinski definition) is 2. The number of likely N-dealkylation sites (tertiary alicyclic amines) is 1. The Morgan fingerprint density at radius 3 is 2.76 bits per heavy atom. The maximum Gasteiger partial charge on any atom is 0.326 e. The second kappa shape index (κ2) is 4.94. The third-order valence-electron chi connectivity index (χ3n) is 3.80. The molecule has 2 fully saturated rings. The van der Waals surface area contributed by atoms with Gasteiger partial charge in [0, 0.05) is 12.6 Å². The van der Waals surface area contributed by atoms with E-state index in [1.54, 1.807) is 0 Å². The molecule has 3 unspecified atom stereocenters. The predicted octanol–water partition coefficient (Wildman–Crippen LogP) is 1.43. The van der Waals surface area contributed by atoms with Crippen LogP contribution in [0.25, 0.3) is 0 Å². The normalized spacial score (nSPS) is 32.1. The van der Waals surface area contributed by atoms with Gasteiger partial charge in [0.2, 0.25) is 0 Å². The maximum absolute atomic E-state index is 12.0. The van der Waals surface area contributed by atoms with Crippen molar-refractivity contribution in [2.24, 2.45) is 5.92 Å². The van der Waals surface area contributed by atoms with E-state index in [0.29, 0.717) is 18.9 Å². The Kier molecular flexibility index (Phi) is 3.54. The molecule has 0 aromatic heterocycles. The SMILES string of the molecule is CCC1CC1NC(=O)N1CCCCC1C(=O)O. The second-order valence-electron chi connectivity index (χ2n) is 5.00. The number of carboxylic acid groups (broad SMARTS) is 1. The second-order valence-corrected chi connectivity index (χ2v) is 5.00. The summed E-state index contributed by atoms with van der Waals surface area (Å²) in [5.41, 5.74) is 0. The van der Waals surface area contributed by atoms with Gasteiger partial charge in [-0.1, -0.05) is 13.3 Å². The van der Waals surface area contributed by atoms with Gasteiger partial charge in [-0.15, -0.1) is 0 Å². The lowest BCUT2D eigenvalue weighted by Crippen LogP contribution is -2.52. The lowest BCUT2D eigenvalue weighted by Gasteiger charge is -2.33. The average molecular weight is 240 g/mol. The standard InChI is InChI=1S/C12H20N2O3/c1-2-8-7-9(8)13-12(17)14-6-4-3-5-10(14)11(15)16/h8-10H,2-7H2,1H3,(H,13,17)(H,15,16). The van der Waals surface area contributed by atoms with Crippen LogP contribution in [0.5, 0.6) is 0 Å². The molecule has 2 rings (SSSR count). The molecule has 3 atom stereocenters. The summed E-state index contributed by atoms with van der Waals surface area (Å²) in [5, 5.41) is 12.0. The molecule has 2 aliphatic rings. The lowest BCUT2D eigenvalue weighted by atomic mass is 10.0. The molecule has 0 aromatic rings. The van der Waals surface area contributed by atoms with Crippen molar-refractivity contribution in [3.05, 3.63) is 0 Å². The highest BCUT2D eigenvalue weighted by molar-refractivity contribution is 5.83. The quantitative estimate of drug-likeness (QED) is 0.784. The van der Waals surface area contributed by atoms with Crippen LogP contribution < -0.4 is 5.32 Å². The number of carbonyl (C=O) groups excluding carboxylic acids is 1. The van der Waals surface area contributed by atoms with Crippen molar-refractivity contribution in [1.29, 1.82) is 0 Å². The number of urea groups is 1. The third-order valence-corrected chi connectivity index (χ3v) is 3.80. The molecule has 1 saturated carbocycles. The Hall–Kier alpha value is -1.26. The van der Waals surface area contributed by atoms with Crippen molar-refractivity contribution < 1.29 is 14.7 Å². The molecule has 5 nitrogen and oxygen atoms in total. The van der Waals surface area contributed by atoms with E-state index >= 15 is 0 Å². The minimum atomic E-state index is -0.886. The summed E-state index contributed by atoms with van der Waals surface area (Å²) in [7, 11) is 0. The molecule has 1 heterocycles. The van der Waals surface area contributed by atoms with E-state index in [1.165, 1.54) is 4.90 Å². The fourth-order valence-corrected chi connectivity index (χ4v) is 2.55. The van der Waals surface area contributed by atoms with E-state index in [2.05, 4.69) is 12.2 Å². The predicted molar refractivity (Wildman–Crippen MR) is 62.7 cm³/mol. The highest BCUT2D eigenvalue weighted by Gasteiger charge is 2.39. The summed E-state index contributed by atoms with van der Waals surface area (Å²) in [6.45, 7) is 2.67. The van der Waals surface area contributed by atoms with Gasteiger partial charge in [-0.05, 0) is 31.6 Å². The van der Waals surface area contributed by atoms with E-state index in [1.807, 2.05) is 0 Å². The molecule has 1 saturated heterocycles. The number of hydrogen-bond donors (Lipinski definition) is 2. The van der Waals surface area contributed by atoms with E-state index in [9.17, 15) is 9.59 Å².